The van der Waals surface area contributed by atoms with Gasteiger partial charge in [-0.05, 0) is 104 Å². The van der Waals surface area contributed by atoms with Gasteiger partial charge in [-0.25, -0.2) is 0 Å². The van der Waals surface area contributed by atoms with Gasteiger partial charge < -0.3 is 104 Å². The number of aliphatic hydroxyl groups excluding tert-OH is 13. The van der Waals surface area contributed by atoms with E-state index in [-0.39, 0.29) is 29.3 Å². The van der Waals surface area contributed by atoms with Crippen molar-refractivity contribution in [2.75, 3.05) is 19.8 Å². The second-order valence-electron chi connectivity index (χ2n) is 25.8. The number of aliphatic hydroxyl groups is 13. The number of esters is 1. The lowest BCUT2D eigenvalue weighted by molar-refractivity contribution is -0.364. The average Bonchev–Trinajstić information content (AvgIpc) is 3.38. The van der Waals surface area contributed by atoms with Crippen LogP contribution in [0.2, 0.25) is 0 Å². The zero-order chi connectivity index (χ0) is 54.9. The SMILES string of the molecule is CC1OC(OC2C(OC3CCC4(C)C(CCC5(C)C4CC=C4C6C(O)C(C)(C)CCC6(C(=O)OC6OC(COC7OC(CO)C(O)C(O)C7O)C(O)C(O)C6O)CCC45C)C3(C)C)OCC(O)C2O)C(O)C(O)C1O. The van der Waals surface area contributed by atoms with Gasteiger partial charge in [0.25, 0.3) is 0 Å². The highest BCUT2D eigenvalue weighted by Gasteiger charge is 2.71. The second kappa shape index (κ2) is 20.7. The van der Waals surface area contributed by atoms with Crippen molar-refractivity contribution in [2.45, 2.75) is 242 Å². The molecule has 13 N–H and O–H groups in total. The van der Waals surface area contributed by atoms with E-state index in [9.17, 15) is 66.4 Å². The molecule has 8 fully saturated rings. The van der Waals surface area contributed by atoms with Crippen LogP contribution in [0.25, 0.3) is 0 Å². The van der Waals surface area contributed by atoms with Gasteiger partial charge in [-0.15, -0.1) is 0 Å². The van der Waals surface area contributed by atoms with Gasteiger partial charge in [0.1, 0.15) is 85.5 Å². The minimum absolute atomic E-state index is 0.138. The number of ether oxygens (including phenoxy) is 8. The molecular weight excluding hydrogens is 989 g/mol. The second-order valence-corrected chi connectivity index (χ2v) is 25.8. The summed E-state index contributed by atoms with van der Waals surface area (Å²) in [6.07, 6.45) is -22.7. The first kappa shape index (κ1) is 58.1. The van der Waals surface area contributed by atoms with Gasteiger partial charge in [-0.2, -0.15) is 0 Å². The minimum Gasteiger partial charge on any atom is -0.432 e. The molecule has 4 saturated heterocycles. The Morgan fingerprint density at radius 1 is 0.627 bits per heavy atom. The number of hydrogen-bond acceptors (Lipinski definition) is 22. The Kier molecular flexibility index (Phi) is 16.1. The van der Waals surface area contributed by atoms with E-state index in [1.807, 2.05) is 13.8 Å². The van der Waals surface area contributed by atoms with E-state index in [2.05, 4.69) is 40.7 Å². The van der Waals surface area contributed by atoms with Crippen LogP contribution in [0.1, 0.15) is 113 Å². The zero-order valence-corrected chi connectivity index (χ0v) is 44.4. The van der Waals surface area contributed by atoms with Crippen LogP contribution in [0, 0.1) is 50.2 Å². The van der Waals surface area contributed by atoms with E-state index >= 15 is 4.79 Å². The molecule has 75 heavy (non-hydrogen) atoms. The van der Waals surface area contributed by atoms with Crippen LogP contribution in [-0.4, -0.2) is 221 Å². The maximum absolute atomic E-state index is 15.1. The molecule has 430 valence electrons. The summed E-state index contributed by atoms with van der Waals surface area (Å²) in [5.41, 5.74) is -2.32. The summed E-state index contributed by atoms with van der Waals surface area (Å²) in [6, 6.07) is 0. The van der Waals surface area contributed by atoms with Crippen molar-refractivity contribution in [1.29, 1.82) is 0 Å². The van der Waals surface area contributed by atoms with Crippen LogP contribution in [0.5, 0.6) is 0 Å². The van der Waals surface area contributed by atoms with Gasteiger partial charge in [0.2, 0.25) is 6.29 Å². The van der Waals surface area contributed by atoms with Crippen LogP contribution in [-0.2, 0) is 42.7 Å². The first-order valence-corrected chi connectivity index (χ1v) is 27.2. The van der Waals surface area contributed by atoms with Gasteiger partial charge >= 0.3 is 5.97 Å². The molecular formula is C53H86O22. The maximum atomic E-state index is 15.1. The van der Waals surface area contributed by atoms with E-state index in [1.54, 1.807) is 0 Å². The molecule has 28 atom stereocenters. The molecule has 4 saturated carbocycles. The van der Waals surface area contributed by atoms with E-state index < -0.39 is 176 Å². The quantitative estimate of drug-likeness (QED) is 0.0680. The Balaban J connectivity index is 0.934. The highest BCUT2D eigenvalue weighted by Crippen LogP contribution is 2.76. The fourth-order valence-electron chi connectivity index (χ4n) is 16.1. The van der Waals surface area contributed by atoms with Gasteiger partial charge in [-0.3, -0.25) is 4.79 Å². The molecule has 9 rings (SSSR count). The molecule has 0 aromatic rings. The minimum atomic E-state index is -1.89. The normalized spacial score (nSPS) is 54.5. The number of rotatable bonds is 10. The molecule has 4 heterocycles. The van der Waals surface area contributed by atoms with Crippen LogP contribution in [0.4, 0.5) is 0 Å². The summed E-state index contributed by atoms with van der Waals surface area (Å²) < 4.78 is 47.6. The molecule has 0 spiro atoms. The van der Waals surface area contributed by atoms with E-state index in [0.29, 0.717) is 38.5 Å². The fourth-order valence-corrected chi connectivity index (χ4v) is 16.1. The van der Waals surface area contributed by atoms with Gasteiger partial charge in [0, 0.05) is 5.92 Å². The Bertz CT molecular complexity index is 2080. The number of fused-ring (bicyclic) bond motifs is 7. The van der Waals surface area contributed by atoms with Crippen molar-refractivity contribution in [3.8, 4) is 0 Å². The summed E-state index contributed by atoms with van der Waals surface area (Å²) in [6.45, 7) is 15.4. The van der Waals surface area contributed by atoms with Crippen molar-refractivity contribution in [1.82, 2.24) is 0 Å². The molecule has 22 nitrogen and oxygen atoms in total. The predicted octanol–water partition coefficient (Wildman–Crippen LogP) is -1.40. The smallest absolute Gasteiger partial charge is 0.315 e. The lowest BCUT2D eigenvalue weighted by Crippen LogP contribution is -2.67. The van der Waals surface area contributed by atoms with Crippen molar-refractivity contribution in [3.05, 3.63) is 11.6 Å². The van der Waals surface area contributed by atoms with Gasteiger partial charge in [0.15, 0.2) is 18.9 Å². The predicted molar refractivity (Wildman–Crippen MR) is 257 cm³/mol. The monoisotopic (exact) mass is 1070 g/mol. The number of allylic oxidation sites excluding steroid dienone is 1. The first-order chi connectivity index (χ1) is 35.0. The van der Waals surface area contributed by atoms with Gasteiger partial charge in [0.05, 0.1) is 43.5 Å². The summed E-state index contributed by atoms with van der Waals surface area (Å²) in [5.74, 6) is -1.10. The van der Waals surface area contributed by atoms with E-state index in [4.69, 9.17) is 37.9 Å². The van der Waals surface area contributed by atoms with Gasteiger partial charge in [-0.1, -0.05) is 60.1 Å². The molecule has 5 aliphatic carbocycles. The molecule has 4 aliphatic heterocycles. The number of hydrogen-bond donors (Lipinski definition) is 13. The molecule has 0 amide bonds. The standard InChI is InChI=1S/C53H86O22/c1-22-31(56)35(60)39(64)44(70-22)74-41-32(57)24(55)20-68-46(41)73-29-12-13-50(6)27(49(29,4)5)11-14-52(8)28(50)10-9-23-30-42(66)48(2,3)15-17-53(30,18-16-51(23,52)7)47(67)75-45-40(65)37(62)34(59)26(72-45)21-69-43-38(63)36(61)33(58)25(19-54)71-43/h9,22,24-46,54-66H,10-21H2,1-8H3. The molecule has 0 radical (unpaired) electrons. The van der Waals surface area contributed by atoms with Crippen molar-refractivity contribution in [3.63, 3.8) is 0 Å². The van der Waals surface area contributed by atoms with Crippen LogP contribution in [0.3, 0.4) is 0 Å². The first-order valence-electron chi connectivity index (χ1n) is 27.2. The fraction of sp³-hybridized carbons (Fsp3) is 0.943. The Morgan fingerprint density at radius 3 is 1.92 bits per heavy atom. The largest absolute Gasteiger partial charge is 0.432 e. The summed E-state index contributed by atoms with van der Waals surface area (Å²) in [7, 11) is 0. The maximum Gasteiger partial charge on any atom is 0.315 e. The third-order valence-electron chi connectivity index (χ3n) is 21.2. The lowest BCUT2D eigenvalue weighted by atomic mass is 9.33. The highest BCUT2D eigenvalue weighted by atomic mass is 16.8. The Morgan fingerprint density at radius 2 is 1.24 bits per heavy atom. The van der Waals surface area contributed by atoms with Crippen LogP contribution < -0.4 is 0 Å². The molecule has 0 aromatic carbocycles. The van der Waals surface area contributed by atoms with E-state index in [0.717, 1.165) is 24.8 Å². The summed E-state index contributed by atoms with van der Waals surface area (Å²) in [5, 5.41) is 140. The molecule has 0 aromatic heterocycles. The van der Waals surface area contributed by atoms with Crippen molar-refractivity contribution < 1.29 is 109 Å². The molecule has 0 bridgehead atoms. The number of carbonyl (C=O) groups is 1. The zero-order valence-electron chi connectivity index (χ0n) is 44.4. The number of carbonyl (C=O) groups excluding carboxylic acids is 1. The highest BCUT2D eigenvalue weighted by molar-refractivity contribution is 5.79. The van der Waals surface area contributed by atoms with Crippen LogP contribution in [0.15, 0.2) is 11.6 Å². The van der Waals surface area contributed by atoms with Crippen molar-refractivity contribution >= 4 is 5.97 Å². The molecule has 28 unspecified atom stereocenters. The third kappa shape index (κ3) is 9.31. The summed E-state index contributed by atoms with van der Waals surface area (Å²) >= 11 is 0. The lowest BCUT2D eigenvalue weighted by Gasteiger charge is -2.71. The molecule has 9 aliphatic rings. The average molecular weight is 1080 g/mol. The van der Waals surface area contributed by atoms with Crippen molar-refractivity contribution in [2.24, 2.45) is 50.2 Å². The Hall–Kier alpha value is -1.59. The van der Waals surface area contributed by atoms with E-state index in [1.165, 1.54) is 6.92 Å². The third-order valence-corrected chi connectivity index (χ3v) is 21.2. The van der Waals surface area contributed by atoms with Crippen LogP contribution >= 0.6 is 0 Å². The Labute approximate surface area is 437 Å². The molecule has 22 heteroatoms. The summed E-state index contributed by atoms with van der Waals surface area (Å²) in [4.78, 5) is 15.1. The topological polar surface area (TPSA) is 354 Å².